The topological polar surface area (TPSA) is 90.4 Å². The van der Waals surface area contributed by atoms with Gasteiger partial charge in [0, 0.05) is 25.3 Å². The van der Waals surface area contributed by atoms with Crippen molar-refractivity contribution in [3.05, 3.63) is 127 Å². The maximum atomic E-state index is 15.1. The third kappa shape index (κ3) is 5.67. The van der Waals surface area contributed by atoms with Gasteiger partial charge >= 0.3 is 0 Å². The molecular weight excluding hydrogens is 602 g/mol. The summed E-state index contributed by atoms with van der Waals surface area (Å²) in [7, 11) is 0. The van der Waals surface area contributed by atoms with E-state index in [9.17, 15) is 9.90 Å². The van der Waals surface area contributed by atoms with Crippen molar-refractivity contribution in [2.75, 3.05) is 24.6 Å². The van der Waals surface area contributed by atoms with Crippen LogP contribution in [0.25, 0.3) is 0 Å². The van der Waals surface area contributed by atoms with Crippen LogP contribution in [0.2, 0.25) is 0 Å². The largest absolute Gasteiger partial charge is 0.394 e. The predicted molar refractivity (Wildman–Crippen MR) is 186 cm³/mol. The average Bonchev–Trinajstić information content (AvgIpc) is 3.73. The maximum Gasteiger partial charge on any atom is 0.249 e. The maximum absolute atomic E-state index is 15.1. The molecule has 8 heteroatoms. The lowest BCUT2D eigenvalue weighted by Gasteiger charge is -2.39. The first-order valence-corrected chi connectivity index (χ1v) is 16.9. The zero-order chi connectivity index (χ0) is 33.9. The second kappa shape index (κ2) is 13.9. The smallest absolute Gasteiger partial charge is 0.249 e. The molecule has 48 heavy (non-hydrogen) atoms. The van der Waals surface area contributed by atoms with Crippen LogP contribution >= 0.6 is 0 Å². The number of likely N-dealkylation sites (tertiary alicyclic amines) is 1. The second-order valence-corrected chi connectivity index (χ2v) is 13.2. The summed E-state index contributed by atoms with van der Waals surface area (Å²) in [6, 6.07) is 27.0. The molecule has 0 aliphatic carbocycles. The molecule has 6 atom stereocenters. The molecule has 1 N–H and O–H groups in total. The number of rotatable bonds is 14. The molecule has 2 unspecified atom stereocenters. The molecule has 3 aliphatic rings. The van der Waals surface area contributed by atoms with Crippen molar-refractivity contribution in [2.45, 2.75) is 62.4 Å². The summed E-state index contributed by atoms with van der Waals surface area (Å²) in [6.45, 7) is 10.3. The Morgan fingerprint density at radius 3 is 2.10 bits per heavy atom. The number of aliphatic hydroxyl groups is 1. The number of benzene rings is 3. The van der Waals surface area contributed by atoms with Crippen molar-refractivity contribution < 1.29 is 24.2 Å². The lowest BCUT2D eigenvalue weighted by Crippen LogP contribution is -2.59. The fourth-order valence-corrected chi connectivity index (χ4v) is 8.43. The summed E-state index contributed by atoms with van der Waals surface area (Å²) in [4.78, 5) is 49.9. The van der Waals surface area contributed by atoms with Crippen molar-refractivity contribution in [1.82, 2.24) is 9.80 Å². The molecule has 2 bridgehead atoms. The Kier molecular flexibility index (Phi) is 9.67. The molecule has 0 saturated carbocycles. The molecule has 250 valence electrons. The standard InChI is InChI=1S/C40H45N3O5/c1-4-24-41(27-30-18-12-8-13-19-30)38(47)35-40-23-22-39(6-3,48-40)33(36(45)42(25-5-2)31-20-14-9-15-21-31)34(40)37(46)43(35)32(28-44)26-29-16-10-7-11-17-29/h4-5,7-21,32-35,44H,1-2,6,22-28H2,3H3/t32-,33-,34+,35?,39+,40?/m1/s1. The minimum Gasteiger partial charge on any atom is -0.394 e. The summed E-state index contributed by atoms with van der Waals surface area (Å²) in [6.07, 6.45) is 5.23. The van der Waals surface area contributed by atoms with E-state index < -0.39 is 35.1 Å². The fraction of sp³-hybridized carbons (Fsp3) is 0.375. The van der Waals surface area contributed by atoms with Gasteiger partial charge in [-0.25, -0.2) is 0 Å². The van der Waals surface area contributed by atoms with Crippen LogP contribution in [0, 0.1) is 11.8 Å². The lowest BCUT2D eigenvalue weighted by molar-refractivity contribution is -0.156. The van der Waals surface area contributed by atoms with Crippen LogP contribution in [0.1, 0.15) is 37.3 Å². The number of anilines is 1. The third-order valence-corrected chi connectivity index (χ3v) is 10.6. The van der Waals surface area contributed by atoms with Gasteiger partial charge in [0.1, 0.15) is 11.6 Å². The highest BCUT2D eigenvalue weighted by Crippen LogP contribution is 2.65. The highest BCUT2D eigenvalue weighted by Gasteiger charge is 2.79. The first-order chi connectivity index (χ1) is 23.3. The van der Waals surface area contributed by atoms with E-state index in [1.54, 1.807) is 26.9 Å². The van der Waals surface area contributed by atoms with Gasteiger partial charge in [0.2, 0.25) is 17.7 Å². The molecule has 3 aliphatic heterocycles. The number of amides is 3. The summed E-state index contributed by atoms with van der Waals surface area (Å²) in [5.74, 6) is -2.52. The van der Waals surface area contributed by atoms with Crippen LogP contribution in [0.15, 0.2) is 116 Å². The molecule has 0 radical (unpaired) electrons. The molecule has 3 amide bonds. The Balaban J connectivity index is 1.47. The highest BCUT2D eigenvalue weighted by molar-refractivity contribution is 6.03. The van der Waals surface area contributed by atoms with Crippen molar-refractivity contribution >= 4 is 23.4 Å². The van der Waals surface area contributed by atoms with Gasteiger partial charge in [0.15, 0.2) is 0 Å². The van der Waals surface area contributed by atoms with Crippen molar-refractivity contribution in [2.24, 2.45) is 11.8 Å². The SMILES string of the molecule is C=CCN(Cc1ccccc1)C(=O)C1N([C@@H](CO)Cc2ccccc2)C(=O)[C@@H]2[C@H](C(=O)N(CC=C)c3ccccc3)[C@]3(CC)CCC12O3. The quantitative estimate of drug-likeness (QED) is 0.244. The number of hydrogen-bond donors (Lipinski definition) is 1. The van der Waals surface area contributed by atoms with Gasteiger partial charge in [-0.3, -0.25) is 14.4 Å². The Morgan fingerprint density at radius 2 is 1.52 bits per heavy atom. The number of para-hydroxylation sites is 1. The fourth-order valence-electron chi connectivity index (χ4n) is 8.43. The summed E-state index contributed by atoms with van der Waals surface area (Å²) >= 11 is 0. The van der Waals surface area contributed by atoms with Gasteiger partial charge in [-0.15, -0.1) is 13.2 Å². The summed E-state index contributed by atoms with van der Waals surface area (Å²) < 4.78 is 7.09. The number of fused-ring (bicyclic) bond motifs is 1. The van der Waals surface area contributed by atoms with Gasteiger partial charge in [-0.05, 0) is 48.9 Å². The van der Waals surface area contributed by atoms with E-state index in [1.165, 1.54) is 0 Å². The van der Waals surface area contributed by atoms with Crippen LogP contribution in [0.3, 0.4) is 0 Å². The highest BCUT2D eigenvalue weighted by atomic mass is 16.5. The zero-order valence-corrected chi connectivity index (χ0v) is 27.6. The van der Waals surface area contributed by atoms with Gasteiger partial charge in [-0.1, -0.05) is 97.9 Å². The van der Waals surface area contributed by atoms with E-state index in [0.29, 0.717) is 37.9 Å². The van der Waals surface area contributed by atoms with E-state index in [2.05, 4.69) is 13.2 Å². The molecular formula is C40H45N3O5. The molecule has 6 rings (SSSR count). The number of carbonyl (C=O) groups is 3. The number of hydrogen-bond acceptors (Lipinski definition) is 5. The van der Waals surface area contributed by atoms with E-state index in [0.717, 1.165) is 11.1 Å². The van der Waals surface area contributed by atoms with E-state index in [4.69, 9.17) is 4.74 Å². The molecule has 8 nitrogen and oxygen atoms in total. The molecule has 3 heterocycles. The minimum atomic E-state index is -1.23. The third-order valence-electron chi connectivity index (χ3n) is 10.6. The molecule has 3 fully saturated rings. The minimum absolute atomic E-state index is 0.216. The lowest BCUT2D eigenvalue weighted by atomic mass is 9.64. The van der Waals surface area contributed by atoms with Crippen LogP contribution < -0.4 is 4.90 Å². The van der Waals surface area contributed by atoms with Crippen LogP contribution in [-0.2, 0) is 32.1 Å². The second-order valence-electron chi connectivity index (χ2n) is 13.2. The van der Waals surface area contributed by atoms with Gasteiger partial charge in [-0.2, -0.15) is 0 Å². The molecule has 1 spiro atoms. The Hall–Kier alpha value is -4.53. The van der Waals surface area contributed by atoms with Gasteiger partial charge in [0.25, 0.3) is 0 Å². The van der Waals surface area contributed by atoms with Crippen LogP contribution in [0.4, 0.5) is 5.69 Å². The first kappa shape index (κ1) is 33.4. The number of ether oxygens (including phenoxy) is 1. The Labute approximate surface area is 283 Å². The normalized spacial score (nSPS) is 26.2. The zero-order valence-electron chi connectivity index (χ0n) is 27.6. The van der Waals surface area contributed by atoms with Crippen molar-refractivity contribution in [3.63, 3.8) is 0 Å². The van der Waals surface area contributed by atoms with Crippen molar-refractivity contribution in [3.8, 4) is 0 Å². The molecule has 3 saturated heterocycles. The van der Waals surface area contributed by atoms with Gasteiger partial charge in [0.05, 0.1) is 30.1 Å². The molecule has 3 aromatic carbocycles. The predicted octanol–water partition coefficient (Wildman–Crippen LogP) is 5.18. The number of aliphatic hydroxyl groups excluding tert-OH is 1. The van der Waals surface area contributed by atoms with Gasteiger partial charge < -0.3 is 24.5 Å². The van der Waals surface area contributed by atoms with Crippen molar-refractivity contribution in [1.29, 1.82) is 0 Å². The Bertz CT molecular complexity index is 1630. The summed E-state index contributed by atoms with van der Waals surface area (Å²) in [5.41, 5.74) is 0.436. The summed E-state index contributed by atoms with van der Waals surface area (Å²) in [5, 5.41) is 10.9. The number of carbonyl (C=O) groups excluding carboxylic acids is 3. The monoisotopic (exact) mass is 647 g/mol. The molecule has 3 aromatic rings. The Morgan fingerprint density at radius 1 is 0.917 bits per heavy atom. The first-order valence-electron chi connectivity index (χ1n) is 16.9. The molecule has 0 aromatic heterocycles. The number of nitrogens with zero attached hydrogens (tertiary/aromatic N) is 3. The van der Waals surface area contributed by atoms with Crippen LogP contribution in [0.5, 0.6) is 0 Å². The van der Waals surface area contributed by atoms with E-state index in [1.807, 2.05) is 97.9 Å². The van der Waals surface area contributed by atoms with E-state index in [-0.39, 0.29) is 37.4 Å². The van der Waals surface area contributed by atoms with E-state index >= 15 is 9.59 Å². The average molecular weight is 648 g/mol. The van der Waals surface area contributed by atoms with Crippen LogP contribution in [-0.4, -0.2) is 75.6 Å².